The Bertz CT molecular complexity index is 530. The largest absolute Gasteiger partial charge is 0.478 e. The summed E-state index contributed by atoms with van der Waals surface area (Å²) in [6.07, 6.45) is 8.30. The van der Waals surface area contributed by atoms with Crippen molar-refractivity contribution in [2.45, 2.75) is 52.2 Å². The van der Waals surface area contributed by atoms with Crippen molar-refractivity contribution in [1.82, 2.24) is 0 Å². The van der Waals surface area contributed by atoms with Gasteiger partial charge in [0, 0.05) is 13.5 Å². The number of ether oxygens (including phenoxy) is 3. The van der Waals surface area contributed by atoms with Gasteiger partial charge in [0.2, 0.25) is 5.78 Å². The van der Waals surface area contributed by atoms with Crippen LogP contribution >= 0.6 is 0 Å². The molecular formula is C18H26O5. The molecule has 1 aliphatic heterocycles. The van der Waals surface area contributed by atoms with Gasteiger partial charge in [-0.05, 0) is 33.3 Å². The number of Topliss-reactive ketones (excluding diaryl/α,β-unsaturated/α-hetero) is 1. The first-order chi connectivity index (χ1) is 10.9. The van der Waals surface area contributed by atoms with Crippen LogP contribution in [-0.2, 0) is 23.8 Å². The molecule has 0 spiro atoms. The summed E-state index contributed by atoms with van der Waals surface area (Å²) >= 11 is 0. The van der Waals surface area contributed by atoms with Gasteiger partial charge >= 0.3 is 5.97 Å². The van der Waals surface area contributed by atoms with Gasteiger partial charge in [-0.25, -0.2) is 4.79 Å². The van der Waals surface area contributed by atoms with E-state index in [0.29, 0.717) is 12.2 Å². The minimum Gasteiger partial charge on any atom is -0.478 e. The summed E-state index contributed by atoms with van der Waals surface area (Å²) in [7, 11) is 1.57. The summed E-state index contributed by atoms with van der Waals surface area (Å²) in [6, 6.07) is 0. The van der Waals surface area contributed by atoms with Gasteiger partial charge in [-0.2, -0.15) is 0 Å². The van der Waals surface area contributed by atoms with E-state index in [1.807, 2.05) is 26.0 Å². The van der Waals surface area contributed by atoms with Crippen molar-refractivity contribution < 1.29 is 23.8 Å². The highest BCUT2D eigenvalue weighted by atomic mass is 16.5. The number of methoxy groups -OCH3 is 1. The van der Waals surface area contributed by atoms with Crippen LogP contribution in [0.1, 0.15) is 40.5 Å². The normalized spacial score (nSPS) is 22.9. The Morgan fingerprint density at radius 2 is 2.04 bits per heavy atom. The summed E-state index contributed by atoms with van der Waals surface area (Å²) in [6.45, 7) is 7.42. The fraction of sp³-hybridized carbons (Fsp3) is 0.556. The third kappa shape index (κ3) is 4.79. The van der Waals surface area contributed by atoms with Crippen LogP contribution in [0.5, 0.6) is 0 Å². The van der Waals surface area contributed by atoms with Gasteiger partial charge in [0.05, 0.1) is 12.7 Å². The number of carbonyl (C=O) groups is 2. The second kappa shape index (κ2) is 8.67. The lowest BCUT2D eigenvalue weighted by atomic mass is 9.95. The second-order valence-corrected chi connectivity index (χ2v) is 5.50. The molecule has 0 saturated heterocycles. The van der Waals surface area contributed by atoms with Gasteiger partial charge in [-0.3, -0.25) is 4.79 Å². The fourth-order valence-corrected chi connectivity index (χ4v) is 2.19. The zero-order valence-electron chi connectivity index (χ0n) is 14.5. The predicted octanol–water partition coefficient (Wildman–Crippen LogP) is 3.11. The molecule has 23 heavy (non-hydrogen) atoms. The Kier molecular flexibility index (Phi) is 7.23. The highest BCUT2D eigenvalue weighted by Crippen LogP contribution is 2.35. The van der Waals surface area contributed by atoms with Crippen molar-refractivity contribution in [3.05, 3.63) is 35.6 Å². The molecule has 1 heterocycles. The molecule has 0 amide bonds. The van der Waals surface area contributed by atoms with Crippen molar-refractivity contribution >= 4 is 11.8 Å². The maximum absolute atomic E-state index is 12.7. The van der Waals surface area contributed by atoms with Crippen molar-refractivity contribution in [3.63, 3.8) is 0 Å². The first-order valence-corrected chi connectivity index (χ1v) is 7.90. The average Bonchev–Trinajstić information content (AvgIpc) is 2.75. The maximum atomic E-state index is 12.7. The number of hydrogen-bond acceptors (Lipinski definition) is 5. The van der Waals surface area contributed by atoms with Crippen LogP contribution in [0.2, 0.25) is 0 Å². The molecule has 5 nitrogen and oxygen atoms in total. The number of ketones is 1. The van der Waals surface area contributed by atoms with Crippen molar-refractivity contribution in [3.8, 4) is 0 Å². The summed E-state index contributed by atoms with van der Waals surface area (Å²) in [5.41, 5.74) is -1.20. The lowest BCUT2D eigenvalue weighted by Gasteiger charge is -2.20. The fourth-order valence-electron chi connectivity index (χ4n) is 2.19. The van der Waals surface area contributed by atoms with Crippen molar-refractivity contribution in [2.75, 3.05) is 13.7 Å². The molecule has 2 unspecified atom stereocenters. The van der Waals surface area contributed by atoms with Gasteiger partial charge in [-0.1, -0.05) is 25.2 Å². The van der Waals surface area contributed by atoms with E-state index < -0.39 is 11.6 Å². The van der Waals surface area contributed by atoms with Gasteiger partial charge < -0.3 is 14.2 Å². The number of hydrogen-bond donors (Lipinski definition) is 0. The van der Waals surface area contributed by atoms with Crippen LogP contribution < -0.4 is 0 Å². The number of allylic oxidation sites excluding steroid dienone is 3. The van der Waals surface area contributed by atoms with E-state index in [-0.39, 0.29) is 24.1 Å². The van der Waals surface area contributed by atoms with Crippen LogP contribution in [0.15, 0.2) is 35.6 Å². The van der Waals surface area contributed by atoms with Crippen LogP contribution in [0, 0.1) is 0 Å². The van der Waals surface area contributed by atoms with E-state index >= 15 is 0 Å². The molecule has 1 rings (SSSR count). The Labute approximate surface area is 138 Å². The first-order valence-electron chi connectivity index (χ1n) is 7.90. The average molecular weight is 322 g/mol. The zero-order valence-corrected chi connectivity index (χ0v) is 14.5. The molecule has 1 aliphatic rings. The Balaban J connectivity index is 3.09. The van der Waals surface area contributed by atoms with Crippen LogP contribution in [0.4, 0.5) is 0 Å². The molecule has 128 valence electrons. The molecule has 0 fully saturated rings. The van der Waals surface area contributed by atoms with Gasteiger partial charge in [0.15, 0.2) is 5.60 Å². The molecule has 0 aromatic rings. The van der Waals surface area contributed by atoms with E-state index in [0.717, 1.165) is 6.42 Å². The van der Waals surface area contributed by atoms with Crippen LogP contribution in [0.25, 0.3) is 0 Å². The molecule has 5 heteroatoms. The maximum Gasteiger partial charge on any atom is 0.345 e. The lowest BCUT2D eigenvalue weighted by molar-refractivity contribution is -0.140. The van der Waals surface area contributed by atoms with E-state index in [4.69, 9.17) is 14.2 Å². The second-order valence-electron chi connectivity index (χ2n) is 5.50. The highest BCUT2D eigenvalue weighted by Gasteiger charge is 2.47. The zero-order chi connectivity index (χ0) is 17.5. The number of esters is 1. The summed E-state index contributed by atoms with van der Waals surface area (Å²) < 4.78 is 16.0. The van der Waals surface area contributed by atoms with E-state index in [2.05, 4.69) is 0 Å². The molecule has 2 atom stereocenters. The minimum atomic E-state index is -1.19. The third-order valence-corrected chi connectivity index (χ3v) is 3.54. The molecule has 0 radical (unpaired) electrons. The molecule has 0 bridgehead atoms. The van der Waals surface area contributed by atoms with Crippen molar-refractivity contribution in [2.24, 2.45) is 0 Å². The number of carbonyl (C=O) groups excluding carboxylic acids is 2. The van der Waals surface area contributed by atoms with Gasteiger partial charge in [0.1, 0.15) is 11.3 Å². The Morgan fingerprint density at radius 3 is 2.61 bits per heavy atom. The molecule has 0 aromatic carbocycles. The molecule has 0 saturated carbocycles. The molecular weight excluding hydrogens is 296 g/mol. The lowest BCUT2D eigenvalue weighted by Crippen LogP contribution is -2.33. The molecule has 0 aliphatic carbocycles. The summed E-state index contributed by atoms with van der Waals surface area (Å²) in [4.78, 5) is 24.8. The SMILES string of the molecule is CC/C=C/C=C/C1(C)OC(CC(C)OC)=C(C(=O)OCC)C1=O. The van der Waals surface area contributed by atoms with Crippen LogP contribution in [0.3, 0.4) is 0 Å². The quantitative estimate of drug-likeness (QED) is 0.390. The van der Waals surface area contributed by atoms with Gasteiger partial charge in [-0.15, -0.1) is 0 Å². The topological polar surface area (TPSA) is 61.8 Å². The Morgan fingerprint density at radius 1 is 1.35 bits per heavy atom. The first kappa shape index (κ1) is 19.2. The van der Waals surface area contributed by atoms with Crippen molar-refractivity contribution in [1.29, 1.82) is 0 Å². The standard InChI is InChI=1S/C18H26O5/c1-6-8-9-10-11-18(4)16(19)15(17(20)22-7-2)14(23-18)12-13(3)21-5/h8-11,13H,6-7,12H2,1-5H3/b9-8+,11-10+. The molecule has 0 N–H and O–H groups in total. The predicted molar refractivity (Wildman–Crippen MR) is 87.8 cm³/mol. The van der Waals surface area contributed by atoms with Gasteiger partial charge in [0.25, 0.3) is 0 Å². The number of rotatable bonds is 8. The minimum absolute atomic E-state index is 0.0117. The Hall–Kier alpha value is -1.88. The molecule has 0 aromatic heterocycles. The monoisotopic (exact) mass is 322 g/mol. The summed E-state index contributed by atoms with van der Waals surface area (Å²) in [5, 5.41) is 0. The van der Waals surface area contributed by atoms with E-state index in [1.54, 1.807) is 33.1 Å². The van der Waals surface area contributed by atoms with Crippen LogP contribution in [-0.4, -0.2) is 37.2 Å². The van der Waals surface area contributed by atoms with E-state index in [9.17, 15) is 9.59 Å². The highest BCUT2D eigenvalue weighted by molar-refractivity contribution is 6.22. The van der Waals surface area contributed by atoms with E-state index in [1.165, 1.54) is 0 Å². The smallest absolute Gasteiger partial charge is 0.345 e. The summed E-state index contributed by atoms with van der Waals surface area (Å²) in [5.74, 6) is -0.693. The third-order valence-electron chi connectivity index (χ3n) is 3.54.